The van der Waals surface area contributed by atoms with Crippen LogP contribution in [0.2, 0.25) is 0 Å². The van der Waals surface area contributed by atoms with E-state index in [1.807, 2.05) is 0 Å². The molecule has 1 heterocycles. The standard InChI is InChI=1S/C19H25N3O6S3/c1-21(2)30(25,26)18-11-9-17(10-12-18)29(23,24)20-16-7-6-8-19(15-16)31(27,28)22-13-4-3-5-14-22/h6-12,15,20H,3-5,13-14H2,1-2H3. The Kier molecular flexibility index (Phi) is 6.77. The molecule has 0 atom stereocenters. The lowest BCUT2D eigenvalue weighted by atomic mass is 10.2. The van der Waals surface area contributed by atoms with Gasteiger partial charge in [-0.2, -0.15) is 4.31 Å². The number of rotatable bonds is 7. The topological polar surface area (TPSA) is 121 Å². The molecule has 1 fully saturated rings. The fraction of sp³-hybridized carbons (Fsp3) is 0.368. The van der Waals surface area contributed by atoms with E-state index >= 15 is 0 Å². The van der Waals surface area contributed by atoms with E-state index in [-0.39, 0.29) is 20.4 Å². The monoisotopic (exact) mass is 487 g/mol. The highest BCUT2D eigenvalue weighted by Crippen LogP contribution is 2.25. The molecule has 0 radical (unpaired) electrons. The van der Waals surface area contributed by atoms with Crippen LogP contribution in [-0.4, -0.2) is 61.0 Å². The molecular formula is C19H25N3O6S3. The third-order valence-corrected chi connectivity index (χ3v) is 10.1. The molecule has 1 aliphatic heterocycles. The van der Waals surface area contributed by atoms with Crippen LogP contribution in [-0.2, 0) is 30.1 Å². The van der Waals surface area contributed by atoms with Gasteiger partial charge < -0.3 is 0 Å². The first-order valence-electron chi connectivity index (χ1n) is 9.60. The highest BCUT2D eigenvalue weighted by molar-refractivity contribution is 7.92. The third-order valence-electron chi connectivity index (χ3n) is 4.95. The van der Waals surface area contributed by atoms with Gasteiger partial charge in [0.15, 0.2) is 0 Å². The molecule has 0 unspecified atom stereocenters. The molecule has 0 amide bonds. The second kappa shape index (κ2) is 8.87. The molecule has 0 aromatic heterocycles. The zero-order valence-corrected chi connectivity index (χ0v) is 19.7. The Morgan fingerprint density at radius 1 is 0.774 bits per heavy atom. The van der Waals surface area contributed by atoms with Crippen molar-refractivity contribution < 1.29 is 25.3 Å². The van der Waals surface area contributed by atoms with Gasteiger partial charge in [-0.05, 0) is 55.3 Å². The predicted molar refractivity (Wildman–Crippen MR) is 117 cm³/mol. The average molecular weight is 488 g/mol. The van der Waals surface area contributed by atoms with Gasteiger partial charge in [0, 0.05) is 27.2 Å². The molecule has 2 aromatic carbocycles. The lowest BCUT2D eigenvalue weighted by Gasteiger charge is -2.26. The SMILES string of the molecule is CN(C)S(=O)(=O)c1ccc(S(=O)(=O)Nc2cccc(S(=O)(=O)N3CCCCC3)c2)cc1. The summed E-state index contributed by atoms with van der Waals surface area (Å²) < 4.78 is 80.2. The number of anilines is 1. The maximum atomic E-state index is 12.8. The Labute approximate surface area is 183 Å². The minimum absolute atomic E-state index is 0.0158. The van der Waals surface area contributed by atoms with Crippen LogP contribution in [0.1, 0.15) is 19.3 Å². The zero-order valence-electron chi connectivity index (χ0n) is 17.2. The van der Waals surface area contributed by atoms with Crippen molar-refractivity contribution in [2.75, 3.05) is 31.9 Å². The lowest BCUT2D eigenvalue weighted by Crippen LogP contribution is -2.35. The van der Waals surface area contributed by atoms with Gasteiger partial charge >= 0.3 is 0 Å². The van der Waals surface area contributed by atoms with Crippen LogP contribution in [0.25, 0.3) is 0 Å². The van der Waals surface area contributed by atoms with Crippen LogP contribution < -0.4 is 4.72 Å². The molecule has 1 N–H and O–H groups in total. The molecule has 31 heavy (non-hydrogen) atoms. The smallest absolute Gasteiger partial charge is 0.261 e. The molecule has 1 aliphatic rings. The predicted octanol–water partition coefficient (Wildman–Crippen LogP) is 1.91. The number of benzene rings is 2. The van der Waals surface area contributed by atoms with Crippen LogP contribution in [0.5, 0.6) is 0 Å². The molecule has 0 spiro atoms. The van der Waals surface area contributed by atoms with Gasteiger partial charge in [0.05, 0.1) is 20.4 Å². The minimum atomic E-state index is -4.05. The number of piperidine rings is 1. The van der Waals surface area contributed by atoms with Gasteiger partial charge in [-0.15, -0.1) is 0 Å². The van der Waals surface area contributed by atoms with E-state index in [2.05, 4.69) is 4.72 Å². The van der Waals surface area contributed by atoms with Crippen LogP contribution in [0, 0.1) is 0 Å². The van der Waals surface area contributed by atoms with Crippen LogP contribution in [0.3, 0.4) is 0 Å². The first kappa shape index (κ1) is 23.7. The van der Waals surface area contributed by atoms with Crippen LogP contribution >= 0.6 is 0 Å². The van der Waals surface area contributed by atoms with E-state index in [1.165, 1.54) is 66.9 Å². The Morgan fingerprint density at radius 2 is 1.35 bits per heavy atom. The second-order valence-electron chi connectivity index (χ2n) is 7.36. The summed E-state index contributed by atoms with van der Waals surface area (Å²) >= 11 is 0. The van der Waals surface area contributed by atoms with Gasteiger partial charge in [0.2, 0.25) is 20.0 Å². The second-order valence-corrected chi connectivity index (χ2v) is 13.1. The van der Waals surface area contributed by atoms with Crippen molar-refractivity contribution in [3.63, 3.8) is 0 Å². The minimum Gasteiger partial charge on any atom is -0.280 e. The molecule has 3 rings (SSSR count). The van der Waals surface area contributed by atoms with E-state index in [0.29, 0.717) is 13.1 Å². The Balaban J connectivity index is 1.84. The molecule has 0 aliphatic carbocycles. The molecule has 2 aromatic rings. The van der Waals surface area contributed by atoms with Crippen molar-refractivity contribution in [3.8, 4) is 0 Å². The summed E-state index contributed by atoms with van der Waals surface area (Å²) in [6.45, 7) is 0.890. The Bertz CT molecular complexity index is 1250. The Morgan fingerprint density at radius 3 is 1.94 bits per heavy atom. The normalized spacial score (nSPS) is 16.4. The van der Waals surface area contributed by atoms with Crippen molar-refractivity contribution >= 4 is 35.8 Å². The molecule has 9 nitrogen and oxygen atoms in total. The largest absolute Gasteiger partial charge is 0.280 e. The summed E-state index contributed by atoms with van der Waals surface area (Å²) in [7, 11) is -8.68. The third kappa shape index (κ3) is 5.09. The maximum absolute atomic E-state index is 12.8. The highest BCUT2D eigenvalue weighted by atomic mass is 32.2. The summed E-state index contributed by atoms with van der Waals surface area (Å²) in [4.78, 5) is -0.164. The molecule has 170 valence electrons. The van der Waals surface area contributed by atoms with Crippen molar-refractivity contribution in [2.24, 2.45) is 0 Å². The number of hydrogen-bond donors (Lipinski definition) is 1. The fourth-order valence-corrected chi connectivity index (χ4v) is 6.70. The first-order valence-corrected chi connectivity index (χ1v) is 14.0. The average Bonchev–Trinajstić information content (AvgIpc) is 2.74. The van der Waals surface area contributed by atoms with Gasteiger partial charge in [-0.25, -0.2) is 29.6 Å². The van der Waals surface area contributed by atoms with Crippen molar-refractivity contribution in [1.82, 2.24) is 8.61 Å². The van der Waals surface area contributed by atoms with E-state index in [1.54, 1.807) is 0 Å². The number of nitrogens with zero attached hydrogens (tertiary/aromatic N) is 2. The van der Waals surface area contributed by atoms with Gasteiger partial charge in [-0.1, -0.05) is 12.5 Å². The molecular weight excluding hydrogens is 462 g/mol. The molecule has 0 bridgehead atoms. The zero-order chi connectivity index (χ0) is 22.9. The lowest BCUT2D eigenvalue weighted by molar-refractivity contribution is 0.346. The van der Waals surface area contributed by atoms with Crippen LogP contribution in [0.4, 0.5) is 5.69 Å². The highest BCUT2D eigenvalue weighted by Gasteiger charge is 2.26. The van der Waals surface area contributed by atoms with E-state index in [9.17, 15) is 25.3 Å². The number of nitrogens with one attached hydrogen (secondary N) is 1. The van der Waals surface area contributed by atoms with Crippen molar-refractivity contribution in [2.45, 2.75) is 33.9 Å². The fourth-order valence-electron chi connectivity index (χ4n) is 3.19. The van der Waals surface area contributed by atoms with Gasteiger partial charge in [0.25, 0.3) is 10.0 Å². The van der Waals surface area contributed by atoms with Crippen LogP contribution in [0.15, 0.2) is 63.2 Å². The summed E-state index contributed by atoms with van der Waals surface area (Å²) in [6, 6.07) is 10.4. The summed E-state index contributed by atoms with van der Waals surface area (Å²) in [5.74, 6) is 0. The number of sulfonamides is 3. The maximum Gasteiger partial charge on any atom is 0.261 e. The van der Waals surface area contributed by atoms with E-state index in [0.717, 1.165) is 23.6 Å². The van der Waals surface area contributed by atoms with E-state index in [4.69, 9.17) is 0 Å². The summed E-state index contributed by atoms with van der Waals surface area (Å²) in [5, 5.41) is 0. The van der Waals surface area contributed by atoms with Crippen molar-refractivity contribution in [1.29, 1.82) is 0 Å². The quantitative estimate of drug-likeness (QED) is 0.637. The molecule has 1 saturated heterocycles. The van der Waals surface area contributed by atoms with Gasteiger partial charge in [-0.3, -0.25) is 4.72 Å². The molecule has 0 saturated carbocycles. The van der Waals surface area contributed by atoms with Gasteiger partial charge in [0.1, 0.15) is 0 Å². The number of hydrogen-bond acceptors (Lipinski definition) is 6. The molecule has 12 heteroatoms. The Hall–Kier alpha value is -1.99. The van der Waals surface area contributed by atoms with E-state index < -0.39 is 30.1 Å². The summed E-state index contributed by atoms with van der Waals surface area (Å²) in [5.41, 5.74) is 0.100. The summed E-state index contributed by atoms with van der Waals surface area (Å²) in [6.07, 6.45) is 2.58. The van der Waals surface area contributed by atoms with Crippen molar-refractivity contribution in [3.05, 3.63) is 48.5 Å². The first-order chi connectivity index (χ1) is 14.4.